The number of anilines is 1. The minimum atomic E-state index is 0.644. The summed E-state index contributed by atoms with van der Waals surface area (Å²) in [7, 11) is 0. The Labute approximate surface area is 140 Å². The fourth-order valence-corrected chi connectivity index (χ4v) is 2.90. The summed E-state index contributed by atoms with van der Waals surface area (Å²) < 4.78 is 5.79. The molecule has 122 valence electrons. The molecule has 3 heterocycles. The number of rotatable bonds is 6. The molecule has 0 aliphatic carbocycles. The molecule has 0 saturated carbocycles. The molecule has 0 atom stereocenters. The third-order valence-corrected chi connectivity index (χ3v) is 4.17. The Hall–Kier alpha value is -2.15. The van der Waals surface area contributed by atoms with Crippen molar-refractivity contribution in [1.82, 2.24) is 15.3 Å². The summed E-state index contributed by atoms with van der Waals surface area (Å²) in [5.41, 5.74) is 1.79. The first-order valence-corrected chi connectivity index (χ1v) is 8.84. The summed E-state index contributed by atoms with van der Waals surface area (Å²) >= 11 is 1.55. The topological polar surface area (TPSA) is 71.4 Å². The summed E-state index contributed by atoms with van der Waals surface area (Å²) in [6.45, 7) is 4.62. The number of aliphatic imine (C=N–C) groups is 1. The lowest BCUT2D eigenvalue weighted by Crippen LogP contribution is -2.35. The summed E-state index contributed by atoms with van der Waals surface area (Å²) in [4.78, 5) is 13.4. The number of hydrogen-bond acceptors (Lipinski definition) is 7. The Morgan fingerprint density at radius 2 is 2.39 bits per heavy atom. The zero-order chi connectivity index (χ0) is 15.9. The van der Waals surface area contributed by atoms with Crippen LogP contribution in [0.1, 0.15) is 26.2 Å². The van der Waals surface area contributed by atoms with E-state index in [4.69, 9.17) is 4.74 Å². The van der Waals surface area contributed by atoms with Crippen molar-refractivity contribution in [3.63, 3.8) is 0 Å². The number of thiazole rings is 1. The van der Waals surface area contributed by atoms with Crippen molar-refractivity contribution in [2.45, 2.75) is 26.2 Å². The van der Waals surface area contributed by atoms with Crippen LogP contribution in [0.15, 0.2) is 28.7 Å². The van der Waals surface area contributed by atoms with Gasteiger partial charge < -0.3 is 15.4 Å². The molecule has 6 nitrogen and oxygen atoms in total. The van der Waals surface area contributed by atoms with Gasteiger partial charge in [0.25, 0.3) is 0 Å². The first kappa shape index (κ1) is 15.7. The van der Waals surface area contributed by atoms with E-state index >= 15 is 0 Å². The van der Waals surface area contributed by atoms with Crippen LogP contribution in [-0.2, 0) is 0 Å². The molecule has 0 radical (unpaired) electrons. The van der Waals surface area contributed by atoms with E-state index in [2.05, 4.69) is 32.5 Å². The number of nitrogens with one attached hydrogen (secondary N) is 2. The van der Waals surface area contributed by atoms with E-state index in [1.165, 1.54) is 0 Å². The van der Waals surface area contributed by atoms with Gasteiger partial charge in [-0.25, -0.2) is 9.97 Å². The second kappa shape index (κ2) is 7.92. The first-order valence-electron chi connectivity index (χ1n) is 7.96. The second-order valence-electron chi connectivity index (χ2n) is 5.23. The van der Waals surface area contributed by atoms with Crippen LogP contribution in [-0.4, -0.2) is 35.6 Å². The van der Waals surface area contributed by atoms with Crippen LogP contribution in [0.4, 0.5) is 5.13 Å². The van der Waals surface area contributed by atoms with Crippen LogP contribution in [0, 0.1) is 0 Å². The Morgan fingerprint density at radius 3 is 3.22 bits per heavy atom. The average molecular weight is 331 g/mol. The number of nitrogens with zero attached hydrogens (tertiary/aromatic N) is 3. The number of guanidine groups is 1. The Morgan fingerprint density at radius 1 is 1.43 bits per heavy atom. The maximum atomic E-state index is 5.79. The molecule has 0 aromatic carbocycles. The van der Waals surface area contributed by atoms with Crippen LogP contribution in [0.5, 0.6) is 5.88 Å². The molecule has 3 rings (SSSR count). The van der Waals surface area contributed by atoms with Gasteiger partial charge in [0.15, 0.2) is 11.1 Å². The number of hydrogen-bond donors (Lipinski definition) is 2. The SMILES string of the molecule is CCCCOc1ncccc1-c1csc(NC2=NCCCN2)n1. The fraction of sp³-hybridized carbons (Fsp3) is 0.438. The average Bonchev–Trinajstić information content (AvgIpc) is 3.05. The van der Waals surface area contributed by atoms with Crippen LogP contribution in [0.25, 0.3) is 11.3 Å². The van der Waals surface area contributed by atoms with E-state index in [9.17, 15) is 0 Å². The molecule has 0 fully saturated rings. The van der Waals surface area contributed by atoms with Crippen LogP contribution < -0.4 is 15.4 Å². The third kappa shape index (κ3) is 4.19. The van der Waals surface area contributed by atoms with E-state index < -0.39 is 0 Å². The Balaban J connectivity index is 1.73. The van der Waals surface area contributed by atoms with Gasteiger partial charge in [-0.2, -0.15) is 0 Å². The fourth-order valence-electron chi connectivity index (χ4n) is 2.19. The van der Waals surface area contributed by atoms with Gasteiger partial charge >= 0.3 is 0 Å². The van der Waals surface area contributed by atoms with Crippen molar-refractivity contribution in [2.24, 2.45) is 4.99 Å². The molecule has 1 aliphatic heterocycles. The van der Waals surface area contributed by atoms with Gasteiger partial charge in [0.1, 0.15) is 0 Å². The summed E-state index contributed by atoms with van der Waals surface area (Å²) in [6, 6.07) is 3.89. The minimum absolute atomic E-state index is 0.644. The van der Waals surface area contributed by atoms with Gasteiger partial charge in [-0.15, -0.1) is 11.3 Å². The maximum Gasteiger partial charge on any atom is 0.222 e. The third-order valence-electron chi connectivity index (χ3n) is 3.41. The number of aromatic nitrogens is 2. The number of ether oxygens (including phenoxy) is 1. The van der Waals surface area contributed by atoms with Gasteiger partial charge in [-0.05, 0) is 25.0 Å². The lowest BCUT2D eigenvalue weighted by molar-refractivity contribution is 0.299. The van der Waals surface area contributed by atoms with E-state index in [0.717, 1.165) is 54.7 Å². The lowest BCUT2D eigenvalue weighted by atomic mass is 10.2. The zero-order valence-electron chi connectivity index (χ0n) is 13.2. The molecule has 2 N–H and O–H groups in total. The highest BCUT2D eigenvalue weighted by molar-refractivity contribution is 7.14. The van der Waals surface area contributed by atoms with Crippen molar-refractivity contribution in [2.75, 3.05) is 25.0 Å². The van der Waals surface area contributed by atoms with Gasteiger partial charge in [0, 0.05) is 24.7 Å². The molecule has 2 aromatic rings. The van der Waals surface area contributed by atoms with E-state index in [1.807, 2.05) is 17.5 Å². The van der Waals surface area contributed by atoms with Crippen LogP contribution in [0.3, 0.4) is 0 Å². The Kier molecular flexibility index (Phi) is 5.42. The zero-order valence-corrected chi connectivity index (χ0v) is 14.0. The Bertz CT molecular complexity index is 670. The van der Waals surface area contributed by atoms with Crippen molar-refractivity contribution in [3.05, 3.63) is 23.7 Å². The first-order chi connectivity index (χ1) is 11.4. The molecule has 0 bridgehead atoms. The molecular formula is C16H21N5OS. The van der Waals surface area contributed by atoms with Gasteiger partial charge in [-0.3, -0.25) is 4.99 Å². The molecule has 0 saturated heterocycles. The van der Waals surface area contributed by atoms with Crippen LogP contribution in [0.2, 0.25) is 0 Å². The highest BCUT2D eigenvalue weighted by Gasteiger charge is 2.12. The summed E-state index contributed by atoms with van der Waals surface area (Å²) in [6.07, 6.45) is 4.94. The van der Waals surface area contributed by atoms with Crippen LogP contribution >= 0.6 is 11.3 Å². The minimum Gasteiger partial charge on any atom is -0.477 e. The molecule has 2 aromatic heterocycles. The van der Waals surface area contributed by atoms with E-state index in [1.54, 1.807) is 17.5 Å². The normalized spacial score (nSPS) is 14.0. The molecule has 23 heavy (non-hydrogen) atoms. The van der Waals surface area contributed by atoms with Crippen molar-refractivity contribution >= 4 is 22.4 Å². The molecule has 1 aliphatic rings. The van der Waals surface area contributed by atoms with E-state index in [0.29, 0.717) is 12.5 Å². The van der Waals surface area contributed by atoms with Gasteiger partial charge in [0.05, 0.1) is 17.9 Å². The number of unbranched alkanes of at least 4 members (excludes halogenated alkanes) is 1. The number of pyridine rings is 1. The lowest BCUT2D eigenvalue weighted by Gasteiger charge is -2.14. The predicted molar refractivity (Wildman–Crippen MR) is 94.3 cm³/mol. The maximum absolute atomic E-state index is 5.79. The highest BCUT2D eigenvalue weighted by Crippen LogP contribution is 2.30. The second-order valence-corrected chi connectivity index (χ2v) is 6.09. The van der Waals surface area contributed by atoms with Gasteiger partial charge in [0.2, 0.25) is 5.88 Å². The molecule has 0 spiro atoms. The van der Waals surface area contributed by atoms with Crippen molar-refractivity contribution in [3.8, 4) is 17.1 Å². The van der Waals surface area contributed by atoms with Crippen molar-refractivity contribution in [1.29, 1.82) is 0 Å². The summed E-state index contributed by atoms with van der Waals surface area (Å²) in [5, 5.41) is 9.28. The summed E-state index contributed by atoms with van der Waals surface area (Å²) in [5.74, 6) is 1.44. The predicted octanol–water partition coefficient (Wildman–Crippen LogP) is 3.15. The molecule has 0 unspecified atom stereocenters. The smallest absolute Gasteiger partial charge is 0.222 e. The largest absolute Gasteiger partial charge is 0.477 e. The van der Waals surface area contributed by atoms with Crippen molar-refractivity contribution < 1.29 is 4.74 Å². The van der Waals surface area contributed by atoms with Gasteiger partial charge in [-0.1, -0.05) is 13.3 Å². The molecule has 7 heteroatoms. The standard InChI is InChI=1S/C16H21N5OS/c1-2-3-10-22-14-12(6-4-7-17-14)13-11-23-16(20-13)21-15-18-8-5-9-19-15/h4,6-7,11H,2-3,5,8-10H2,1H3,(H2,18,19,20,21). The highest BCUT2D eigenvalue weighted by atomic mass is 32.1. The molecule has 0 amide bonds. The monoisotopic (exact) mass is 331 g/mol. The quantitative estimate of drug-likeness (QED) is 0.796. The molecular weight excluding hydrogens is 310 g/mol. The van der Waals surface area contributed by atoms with E-state index in [-0.39, 0.29) is 0 Å².